The Morgan fingerprint density at radius 1 is 1.30 bits per heavy atom. The van der Waals surface area contributed by atoms with E-state index >= 15 is 0 Å². The average Bonchev–Trinajstić information content (AvgIpc) is 2.50. The summed E-state index contributed by atoms with van der Waals surface area (Å²) in [6, 6.07) is 9.05. The molecule has 1 unspecified atom stereocenters. The van der Waals surface area contributed by atoms with Crippen LogP contribution < -0.4 is 9.64 Å². The van der Waals surface area contributed by atoms with Crippen LogP contribution in [0.25, 0.3) is 0 Å². The minimum Gasteiger partial charge on any atom is -0.491 e. The van der Waals surface area contributed by atoms with Gasteiger partial charge < -0.3 is 14.7 Å². The molecule has 1 rings (SSSR count). The smallest absolute Gasteiger partial charge is 0.159 e. The van der Waals surface area contributed by atoms with Gasteiger partial charge in [0.25, 0.3) is 0 Å². The van der Waals surface area contributed by atoms with Crippen LogP contribution in [0.15, 0.2) is 24.3 Å². The van der Waals surface area contributed by atoms with Crippen LogP contribution in [0.2, 0.25) is 0 Å². The van der Waals surface area contributed by atoms with Crippen molar-refractivity contribution < 1.29 is 19.5 Å². The van der Waals surface area contributed by atoms with Gasteiger partial charge in [0, 0.05) is 11.5 Å². The SMILES string of the molecule is CC(=O)c1ccc(OC[C@@H](O)C[NH+](CCC#N)CC(C)C)cc1. The van der Waals surface area contributed by atoms with E-state index in [1.54, 1.807) is 24.3 Å². The van der Waals surface area contributed by atoms with Crippen molar-refractivity contribution in [1.82, 2.24) is 0 Å². The number of carbonyl (C=O) groups excluding carboxylic acids is 1. The number of rotatable bonds is 10. The molecule has 2 atom stereocenters. The summed E-state index contributed by atoms with van der Waals surface area (Å²) in [6.45, 7) is 8.20. The standard InChI is InChI=1S/C18H26N2O3/c1-14(2)11-20(10-4-9-19)12-17(22)13-23-18-7-5-16(6-8-18)15(3)21/h5-8,14,17,22H,4,10-13H2,1-3H3/p+1/t17-/m0/s1. The van der Waals surface area contributed by atoms with Crippen LogP contribution in [0, 0.1) is 17.2 Å². The van der Waals surface area contributed by atoms with Crippen molar-refractivity contribution in [2.24, 2.45) is 5.92 Å². The fourth-order valence-electron chi connectivity index (χ4n) is 2.47. The number of aliphatic hydroxyl groups excluding tert-OH is 1. The molecule has 0 aliphatic carbocycles. The number of quaternary nitrogens is 1. The lowest BCUT2D eigenvalue weighted by molar-refractivity contribution is -0.905. The highest BCUT2D eigenvalue weighted by Gasteiger charge is 2.17. The zero-order chi connectivity index (χ0) is 17.2. The molecule has 0 aliphatic rings. The topological polar surface area (TPSA) is 74.8 Å². The highest BCUT2D eigenvalue weighted by molar-refractivity contribution is 5.94. The molecule has 0 saturated heterocycles. The van der Waals surface area contributed by atoms with Gasteiger partial charge in [-0.1, -0.05) is 13.8 Å². The summed E-state index contributed by atoms with van der Waals surface area (Å²) >= 11 is 0. The molecule has 0 amide bonds. The van der Waals surface area contributed by atoms with Gasteiger partial charge >= 0.3 is 0 Å². The van der Waals surface area contributed by atoms with Gasteiger partial charge in [0.05, 0.1) is 25.6 Å². The number of hydrogen-bond donors (Lipinski definition) is 2. The number of nitrogens with one attached hydrogen (secondary N) is 1. The molecular weight excluding hydrogens is 292 g/mol. The first kappa shape index (κ1) is 19.1. The van der Waals surface area contributed by atoms with E-state index in [1.165, 1.54) is 11.8 Å². The van der Waals surface area contributed by atoms with E-state index in [0.29, 0.717) is 30.2 Å². The average molecular weight is 319 g/mol. The Hall–Kier alpha value is -1.90. The number of carbonyl (C=O) groups is 1. The Balaban J connectivity index is 2.45. The molecule has 1 aromatic rings. The molecule has 0 aromatic heterocycles. The molecule has 5 heteroatoms. The molecule has 0 bridgehead atoms. The maximum atomic E-state index is 11.2. The molecule has 0 heterocycles. The van der Waals surface area contributed by atoms with Gasteiger partial charge in [-0.3, -0.25) is 4.79 Å². The summed E-state index contributed by atoms with van der Waals surface area (Å²) in [5.41, 5.74) is 0.641. The van der Waals surface area contributed by atoms with E-state index in [2.05, 4.69) is 19.9 Å². The summed E-state index contributed by atoms with van der Waals surface area (Å²) in [5, 5.41) is 18.9. The van der Waals surface area contributed by atoms with Gasteiger partial charge in [0.2, 0.25) is 0 Å². The monoisotopic (exact) mass is 319 g/mol. The van der Waals surface area contributed by atoms with E-state index in [0.717, 1.165) is 13.1 Å². The van der Waals surface area contributed by atoms with Crippen LogP contribution in [-0.2, 0) is 0 Å². The molecule has 0 fully saturated rings. The quantitative estimate of drug-likeness (QED) is 0.633. The second-order valence-corrected chi connectivity index (χ2v) is 6.26. The number of aliphatic hydroxyl groups is 1. The fraction of sp³-hybridized carbons (Fsp3) is 0.556. The van der Waals surface area contributed by atoms with E-state index in [1.807, 2.05) is 0 Å². The summed E-state index contributed by atoms with van der Waals surface area (Å²) in [6.07, 6.45) is -0.0998. The maximum absolute atomic E-state index is 11.2. The van der Waals surface area contributed by atoms with Crippen molar-refractivity contribution >= 4 is 5.78 Å². The lowest BCUT2D eigenvalue weighted by Crippen LogP contribution is -3.13. The number of hydrogen-bond acceptors (Lipinski definition) is 4. The Morgan fingerprint density at radius 3 is 2.48 bits per heavy atom. The van der Waals surface area contributed by atoms with Crippen molar-refractivity contribution in [2.75, 3.05) is 26.2 Å². The van der Waals surface area contributed by atoms with Crippen molar-refractivity contribution in [3.05, 3.63) is 29.8 Å². The van der Waals surface area contributed by atoms with Gasteiger partial charge in [-0.2, -0.15) is 5.26 Å². The number of nitriles is 1. The van der Waals surface area contributed by atoms with Gasteiger partial charge in [-0.05, 0) is 31.2 Å². The van der Waals surface area contributed by atoms with Crippen molar-refractivity contribution in [3.8, 4) is 11.8 Å². The normalized spacial score (nSPS) is 13.4. The molecule has 0 spiro atoms. The van der Waals surface area contributed by atoms with Crippen LogP contribution in [0.1, 0.15) is 37.6 Å². The lowest BCUT2D eigenvalue weighted by atomic mass is 10.1. The largest absolute Gasteiger partial charge is 0.491 e. The molecule has 0 saturated carbocycles. The van der Waals surface area contributed by atoms with Gasteiger partial charge in [-0.25, -0.2) is 0 Å². The predicted molar refractivity (Wildman–Crippen MR) is 88.6 cm³/mol. The Labute approximate surface area is 138 Å². The number of Topliss-reactive ketones (excluding diaryl/α,β-unsaturated/α-hetero) is 1. The van der Waals surface area contributed by atoms with Crippen molar-refractivity contribution in [2.45, 2.75) is 33.3 Å². The van der Waals surface area contributed by atoms with E-state index < -0.39 is 6.10 Å². The molecule has 2 N–H and O–H groups in total. The van der Waals surface area contributed by atoms with Crippen LogP contribution in [0.5, 0.6) is 5.75 Å². The predicted octanol–water partition coefficient (Wildman–Crippen LogP) is 1.08. The van der Waals surface area contributed by atoms with Crippen LogP contribution >= 0.6 is 0 Å². The zero-order valence-corrected chi connectivity index (χ0v) is 14.2. The van der Waals surface area contributed by atoms with E-state index in [-0.39, 0.29) is 12.4 Å². The minimum absolute atomic E-state index is 0.0157. The first-order valence-electron chi connectivity index (χ1n) is 8.04. The Kier molecular flexibility index (Phi) is 8.31. The summed E-state index contributed by atoms with van der Waals surface area (Å²) in [7, 11) is 0. The molecule has 126 valence electrons. The zero-order valence-electron chi connectivity index (χ0n) is 14.2. The fourth-order valence-corrected chi connectivity index (χ4v) is 2.47. The highest BCUT2D eigenvalue weighted by atomic mass is 16.5. The number of ether oxygens (including phenoxy) is 1. The van der Waals surface area contributed by atoms with E-state index in [9.17, 15) is 9.90 Å². The molecule has 23 heavy (non-hydrogen) atoms. The van der Waals surface area contributed by atoms with Crippen molar-refractivity contribution in [1.29, 1.82) is 5.26 Å². The number of nitrogens with zero attached hydrogens (tertiary/aromatic N) is 1. The molecule has 0 radical (unpaired) electrons. The lowest BCUT2D eigenvalue weighted by Gasteiger charge is -2.23. The minimum atomic E-state index is -0.588. The Bertz CT molecular complexity index is 520. The summed E-state index contributed by atoms with van der Waals surface area (Å²) in [5.74, 6) is 1.16. The molecule has 1 aromatic carbocycles. The molecule has 5 nitrogen and oxygen atoms in total. The van der Waals surface area contributed by atoms with Gasteiger partial charge in [0.1, 0.15) is 25.0 Å². The van der Waals surface area contributed by atoms with Crippen LogP contribution in [0.3, 0.4) is 0 Å². The first-order chi connectivity index (χ1) is 10.9. The third-order valence-corrected chi connectivity index (χ3v) is 3.51. The number of ketones is 1. The number of benzene rings is 1. The first-order valence-corrected chi connectivity index (χ1v) is 8.04. The van der Waals surface area contributed by atoms with Gasteiger partial charge in [0.15, 0.2) is 5.78 Å². The van der Waals surface area contributed by atoms with Crippen LogP contribution in [0.4, 0.5) is 0 Å². The maximum Gasteiger partial charge on any atom is 0.159 e. The second-order valence-electron chi connectivity index (χ2n) is 6.26. The van der Waals surface area contributed by atoms with Crippen LogP contribution in [-0.4, -0.2) is 43.2 Å². The third kappa shape index (κ3) is 7.78. The summed E-state index contributed by atoms with van der Waals surface area (Å²) in [4.78, 5) is 12.4. The Morgan fingerprint density at radius 2 is 1.96 bits per heavy atom. The third-order valence-electron chi connectivity index (χ3n) is 3.51. The second kappa shape index (κ2) is 9.98. The van der Waals surface area contributed by atoms with Gasteiger partial charge in [-0.15, -0.1) is 0 Å². The molecular formula is C18H27N2O3+. The van der Waals surface area contributed by atoms with E-state index in [4.69, 9.17) is 10.00 Å². The highest BCUT2D eigenvalue weighted by Crippen LogP contribution is 2.12. The summed E-state index contributed by atoms with van der Waals surface area (Å²) < 4.78 is 5.57. The van der Waals surface area contributed by atoms with Crippen molar-refractivity contribution in [3.63, 3.8) is 0 Å². The molecule has 0 aliphatic heterocycles.